The number of para-hydroxylation sites is 1. The van der Waals surface area contributed by atoms with E-state index < -0.39 is 0 Å². The predicted octanol–water partition coefficient (Wildman–Crippen LogP) is 5.14. The van der Waals surface area contributed by atoms with Gasteiger partial charge in [-0.2, -0.15) is 16.3 Å². The minimum Gasteiger partial charge on any atom is -0.338 e. The first-order chi connectivity index (χ1) is 12.9. The molecule has 7 heteroatoms. The van der Waals surface area contributed by atoms with Crippen molar-refractivity contribution >= 4 is 32.9 Å². The number of hydrogen-bond acceptors (Lipinski definition) is 7. The van der Waals surface area contributed by atoms with E-state index in [4.69, 9.17) is 9.51 Å². The maximum absolute atomic E-state index is 5.52. The second-order valence-electron chi connectivity index (χ2n) is 6.53. The first kappa shape index (κ1) is 16.1. The van der Waals surface area contributed by atoms with Gasteiger partial charge in [0, 0.05) is 10.9 Å². The smallest absolute Gasteiger partial charge is 0.241 e. The molecule has 0 bridgehead atoms. The molecule has 0 saturated carbocycles. The first-order valence-electron chi connectivity index (χ1n) is 8.81. The Kier molecular flexibility index (Phi) is 4.28. The predicted molar refractivity (Wildman–Crippen MR) is 104 cm³/mol. The van der Waals surface area contributed by atoms with Gasteiger partial charge in [-0.05, 0) is 43.0 Å². The molecule has 1 saturated heterocycles. The Morgan fingerprint density at radius 3 is 3.00 bits per heavy atom. The summed E-state index contributed by atoms with van der Waals surface area (Å²) in [4.78, 5) is 11.9. The molecule has 3 aromatic heterocycles. The third-order valence-electron chi connectivity index (χ3n) is 4.79. The monoisotopic (exact) mass is 382 g/mol. The molecule has 1 aliphatic heterocycles. The van der Waals surface area contributed by atoms with Gasteiger partial charge >= 0.3 is 0 Å². The average Bonchev–Trinajstić information content (AvgIpc) is 3.42. The number of benzene rings is 1. The zero-order valence-electron chi connectivity index (χ0n) is 14.2. The molecule has 132 valence electrons. The molecule has 1 aromatic carbocycles. The Balaban J connectivity index is 1.39. The Bertz CT molecular complexity index is 975. The molecular formula is C19H18N4OS2. The van der Waals surface area contributed by atoms with Crippen LogP contribution in [0.3, 0.4) is 0 Å². The summed E-state index contributed by atoms with van der Waals surface area (Å²) in [5, 5.41) is 9.40. The van der Waals surface area contributed by atoms with E-state index >= 15 is 0 Å². The number of nitrogens with zero attached hydrogens (tertiary/aromatic N) is 4. The number of aromatic nitrogens is 3. The molecule has 1 unspecified atom stereocenters. The molecule has 0 N–H and O–H groups in total. The molecule has 1 atom stereocenters. The second-order valence-corrected chi connectivity index (χ2v) is 8.37. The number of likely N-dealkylation sites (tertiary alicyclic amines) is 1. The van der Waals surface area contributed by atoms with Gasteiger partial charge in [-0.1, -0.05) is 23.7 Å². The fraction of sp³-hybridized carbons (Fsp3) is 0.316. The molecule has 5 rings (SSSR count). The lowest BCUT2D eigenvalue weighted by Crippen LogP contribution is -2.33. The summed E-state index contributed by atoms with van der Waals surface area (Å²) < 4.78 is 6.77. The number of fused-ring (bicyclic) bond motifs is 1. The SMILES string of the molecule is c1ccc2sc(C3CCCCN3Cc3nc(-c4ccsc4)no3)nc2c1. The molecule has 0 radical (unpaired) electrons. The van der Waals surface area contributed by atoms with Crippen LogP contribution in [0.1, 0.15) is 36.2 Å². The normalized spacial score (nSPS) is 18.5. The van der Waals surface area contributed by atoms with Gasteiger partial charge in [-0.3, -0.25) is 4.90 Å². The summed E-state index contributed by atoms with van der Waals surface area (Å²) in [6.07, 6.45) is 3.57. The number of hydrogen-bond donors (Lipinski definition) is 0. The second kappa shape index (κ2) is 6.90. The Labute approximate surface area is 159 Å². The zero-order chi connectivity index (χ0) is 17.3. The molecular weight excluding hydrogens is 364 g/mol. The molecule has 5 nitrogen and oxygen atoms in total. The van der Waals surface area contributed by atoms with Crippen LogP contribution in [0.5, 0.6) is 0 Å². The topological polar surface area (TPSA) is 55.1 Å². The Morgan fingerprint density at radius 2 is 2.12 bits per heavy atom. The molecule has 26 heavy (non-hydrogen) atoms. The molecule has 4 heterocycles. The van der Waals surface area contributed by atoms with Gasteiger partial charge in [0.15, 0.2) is 0 Å². The first-order valence-corrected chi connectivity index (χ1v) is 10.6. The fourth-order valence-corrected chi connectivity index (χ4v) is 5.27. The fourth-order valence-electron chi connectivity index (χ4n) is 3.49. The minimum absolute atomic E-state index is 0.331. The molecule has 0 amide bonds. The van der Waals surface area contributed by atoms with Crippen molar-refractivity contribution in [2.45, 2.75) is 31.8 Å². The van der Waals surface area contributed by atoms with Crippen LogP contribution in [0.25, 0.3) is 21.6 Å². The van der Waals surface area contributed by atoms with Crippen LogP contribution in [0.2, 0.25) is 0 Å². The van der Waals surface area contributed by atoms with Gasteiger partial charge in [0.1, 0.15) is 5.01 Å². The van der Waals surface area contributed by atoms with Crippen molar-refractivity contribution < 1.29 is 4.52 Å². The van der Waals surface area contributed by atoms with E-state index in [0.717, 1.165) is 24.0 Å². The summed E-state index contributed by atoms with van der Waals surface area (Å²) in [6.45, 7) is 1.72. The van der Waals surface area contributed by atoms with Crippen LogP contribution < -0.4 is 0 Å². The zero-order valence-corrected chi connectivity index (χ0v) is 15.8. The Morgan fingerprint density at radius 1 is 1.15 bits per heavy atom. The van der Waals surface area contributed by atoms with Crippen molar-refractivity contribution in [2.75, 3.05) is 6.54 Å². The third kappa shape index (κ3) is 3.06. The molecule has 0 spiro atoms. The van der Waals surface area contributed by atoms with Crippen molar-refractivity contribution in [3.63, 3.8) is 0 Å². The van der Waals surface area contributed by atoms with Crippen LogP contribution in [0, 0.1) is 0 Å². The highest BCUT2D eigenvalue weighted by molar-refractivity contribution is 7.18. The van der Waals surface area contributed by atoms with Crippen molar-refractivity contribution in [2.24, 2.45) is 0 Å². The van der Waals surface area contributed by atoms with E-state index in [-0.39, 0.29) is 0 Å². The van der Waals surface area contributed by atoms with Gasteiger partial charge in [-0.15, -0.1) is 11.3 Å². The van der Waals surface area contributed by atoms with Crippen molar-refractivity contribution in [1.29, 1.82) is 0 Å². The quantitative estimate of drug-likeness (QED) is 0.489. The van der Waals surface area contributed by atoms with Crippen molar-refractivity contribution in [3.05, 3.63) is 52.0 Å². The van der Waals surface area contributed by atoms with Crippen LogP contribution >= 0.6 is 22.7 Å². The highest BCUT2D eigenvalue weighted by atomic mass is 32.1. The van der Waals surface area contributed by atoms with Crippen molar-refractivity contribution in [1.82, 2.24) is 20.0 Å². The number of piperidine rings is 1. The Hall–Kier alpha value is -2.09. The van der Waals surface area contributed by atoms with E-state index in [1.165, 1.54) is 22.5 Å². The van der Waals surface area contributed by atoms with E-state index in [1.807, 2.05) is 16.8 Å². The van der Waals surface area contributed by atoms with Crippen LogP contribution in [-0.2, 0) is 6.54 Å². The largest absolute Gasteiger partial charge is 0.338 e. The van der Waals surface area contributed by atoms with E-state index in [1.54, 1.807) is 22.7 Å². The number of thiophene rings is 1. The maximum atomic E-state index is 5.52. The summed E-state index contributed by atoms with van der Waals surface area (Å²) in [7, 11) is 0. The lowest BCUT2D eigenvalue weighted by atomic mass is 10.0. The number of thiazole rings is 1. The minimum atomic E-state index is 0.331. The lowest BCUT2D eigenvalue weighted by Gasteiger charge is -2.33. The summed E-state index contributed by atoms with van der Waals surface area (Å²) in [5.41, 5.74) is 2.11. The highest BCUT2D eigenvalue weighted by Gasteiger charge is 2.28. The van der Waals surface area contributed by atoms with Crippen LogP contribution in [-0.4, -0.2) is 26.6 Å². The molecule has 4 aromatic rings. The van der Waals surface area contributed by atoms with Crippen LogP contribution in [0.4, 0.5) is 0 Å². The van der Waals surface area contributed by atoms with Gasteiger partial charge in [0.05, 0.1) is 22.8 Å². The maximum Gasteiger partial charge on any atom is 0.241 e. The molecule has 0 aliphatic carbocycles. The van der Waals surface area contributed by atoms with Crippen LogP contribution in [0.15, 0.2) is 45.6 Å². The van der Waals surface area contributed by atoms with Gasteiger partial charge in [0.2, 0.25) is 11.7 Å². The van der Waals surface area contributed by atoms with E-state index in [9.17, 15) is 0 Å². The third-order valence-corrected chi connectivity index (χ3v) is 6.62. The van der Waals surface area contributed by atoms with Gasteiger partial charge in [-0.25, -0.2) is 4.98 Å². The summed E-state index contributed by atoms with van der Waals surface area (Å²) >= 11 is 3.44. The summed E-state index contributed by atoms with van der Waals surface area (Å²) in [6, 6.07) is 10.7. The molecule has 1 aliphatic rings. The van der Waals surface area contributed by atoms with Gasteiger partial charge in [0.25, 0.3) is 0 Å². The average molecular weight is 383 g/mol. The van der Waals surface area contributed by atoms with Gasteiger partial charge < -0.3 is 4.52 Å². The number of rotatable bonds is 4. The lowest BCUT2D eigenvalue weighted by molar-refractivity contribution is 0.124. The van der Waals surface area contributed by atoms with E-state index in [0.29, 0.717) is 24.3 Å². The molecule has 1 fully saturated rings. The highest BCUT2D eigenvalue weighted by Crippen LogP contribution is 2.36. The van der Waals surface area contributed by atoms with E-state index in [2.05, 4.69) is 39.3 Å². The standard InChI is InChI=1S/C19H18N4OS2/c1-2-7-16-14(5-1)20-19(26-16)15-6-3-4-9-23(15)11-17-21-18(22-24-17)13-8-10-25-12-13/h1-2,5,7-8,10,12,15H,3-4,6,9,11H2. The van der Waals surface area contributed by atoms with Crippen molar-refractivity contribution in [3.8, 4) is 11.4 Å². The summed E-state index contributed by atoms with van der Waals surface area (Å²) in [5.74, 6) is 1.36.